The summed E-state index contributed by atoms with van der Waals surface area (Å²) in [5.74, 6) is -2.32. The number of halogens is 2. The Balaban J connectivity index is 1.80. The highest BCUT2D eigenvalue weighted by atomic mass is 79.9. The molecule has 1 aromatic carbocycles. The zero-order valence-corrected chi connectivity index (χ0v) is 13.3. The van der Waals surface area contributed by atoms with Gasteiger partial charge in [0.2, 0.25) is 5.91 Å². The van der Waals surface area contributed by atoms with Crippen LogP contribution in [0.4, 0.5) is 5.69 Å². The summed E-state index contributed by atoms with van der Waals surface area (Å²) in [7, 11) is 0. The van der Waals surface area contributed by atoms with Crippen LogP contribution < -0.4 is 5.32 Å². The van der Waals surface area contributed by atoms with Crippen LogP contribution in [-0.2, 0) is 9.59 Å². The number of carbonyl (C=O) groups excluding carboxylic acids is 1. The highest BCUT2D eigenvalue weighted by molar-refractivity contribution is 9.10. The van der Waals surface area contributed by atoms with Gasteiger partial charge in [-0.25, -0.2) is 0 Å². The molecule has 0 saturated heterocycles. The van der Waals surface area contributed by atoms with Crippen LogP contribution in [0.5, 0.6) is 0 Å². The van der Waals surface area contributed by atoms with Crippen LogP contribution in [0.1, 0.15) is 6.42 Å². The Morgan fingerprint density at radius 2 is 1.90 bits per heavy atom. The molecule has 4 atom stereocenters. The third kappa shape index (κ3) is 2.60. The Kier molecular flexibility index (Phi) is 3.80. The molecule has 2 aliphatic carbocycles. The average molecular weight is 371 g/mol. The highest BCUT2D eigenvalue weighted by Gasteiger charge is 2.51. The first-order valence-corrected chi connectivity index (χ1v) is 7.81. The quantitative estimate of drug-likeness (QED) is 0.800. The first-order valence-electron chi connectivity index (χ1n) is 6.64. The van der Waals surface area contributed by atoms with Crippen molar-refractivity contribution in [3.05, 3.63) is 39.8 Å². The summed E-state index contributed by atoms with van der Waals surface area (Å²) >= 11 is 9.28. The van der Waals surface area contributed by atoms with Crippen LogP contribution in [-0.4, -0.2) is 17.0 Å². The molecule has 0 aliphatic heterocycles. The topological polar surface area (TPSA) is 66.4 Å². The van der Waals surface area contributed by atoms with E-state index in [0.717, 1.165) is 10.9 Å². The number of carbonyl (C=O) groups is 2. The molecule has 2 unspecified atom stereocenters. The molecule has 110 valence electrons. The molecule has 2 aliphatic rings. The number of aliphatic carboxylic acids is 1. The molecule has 0 spiro atoms. The van der Waals surface area contributed by atoms with Gasteiger partial charge in [0, 0.05) is 10.2 Å². The Labute approximate surface area is 135 Å². The number of hydrogen-bond donors (Lipinski definition) is 2. The van der Waals surface area contributed by atoms with Crippen molar-refractivity contribution in [2.24, 2.45) is 23.7 Å². The molecule has 6 heteroatoms. The molecule has 2 N–H and O–H groups in total. The van der Waals surface area contributed by atoms with Crippen molar-refractivity contribution in [3.8, 4) is 0 Å². The van der Waals surface area contributed by atoms with Gasteiger partial charge in [0.1, 0.15) is 0 Å². The Morgan fingerprint density at radius 3 is 2.52 bits per heavy atom. The fraction of sp³-hybridized carbons (Fsp3) is 0.333. The minimum absolute atomic E-state index is 0.0158. The molecule has 4 nitrogen and oxygen atoms in total. The van der Waals surface area contributed by atoms with E-state index in [-0.39, 0.29) is 17.7 Å². The fourth-order valence-electron chi connectivity index (χ4n) is 3.32. The van der Waals surface area contributed by atoms with E-state index < -0.39 is 17.8 Å². The lowest BCUT2D eigenvalue weighted by molar-refractivity contribution is -0.146. The number of allylic oxidation sites excluding steroid dienone is 2. The van der Waals surface area contributed by atoms with Gasteiger partial charge in [-0.2, -0.15) is 0 Å². The number of rotatable bonds is 3. The maximum Gasteiger partial charge on any atom is 0.307 e. The van der Waals surface area contributed by atoms with Crippen LogP contribution in [0.2, 0.25) is 5.02 Å². The number of carboxylic acid groups (broad SMARTS) is 1. The van der Waals surface area contributed by atoms with Gasteiger partial charge in [-0.3, -0.25) is 9.59 Å². The minimum Gasteiger partial charge on any atom is -0.481 e. The molecule has 1 saturated carbocycles. The van der Waals surface area contributed by atoms with Gasteiger partial charge in [-0.05, 0) is 52.4 Å². The molecule has 0 aromatic heterocycles. The lowest BCUT2D eigenvalue weighted by Crippen LogP contribution is -2.36. The van der Waals surface area contributed by atoms with Gasteiger partial charge in [0.25, 0.3) is 0 Å². The van der Waals surface area contributed by atoms with E-state index in [1.165, 1.54) is 0 Å². The van der Waals surface area contributed by atoms with E-state index >= 15 is 0 Å². The second kappa shape index (κ2) is 5.46. The number of hydrogen-bond acceptors (Lipinski definition) is 2. The number of benzene rings is 1. The summed E-state index contributed by atoms with van der Waals surface area (Å²) in [4.78, 5) is 23.9. The lowest BCUT2D eigenvalue weighted by Gasteiger charge is -2.23. The van der Waals surface area contributed by atoms with Gasteiger partial charge in [-0.1, -0.05) is 23.8 Å². The molecule has 0 heterocycles. The van der Waals surface area contributed by atoms with E-state index in [0.29, 0.717) is 10.7 Å². The summed E-state index contributed by atoms with van der Waals surface area (Å²) in [6.45, 7) is 0. The van der Waals surface area contributed by atoms with Crippen molar-refractivity contribution < 1.29 is 14.7 Å². The monoisotopic (exact) mass is 369 g/mol. The van der Waals surface area contributed by atoms with Crippen molar-refractivity contribution >= 4 is 45.1 Å². The molecule has 1 amide bonds. The SMILES string of the molecule is O=C(O)[C@@H]1C2C=CC(C2)[C@@H]1C(=O)Nc1ccc(Br)c(Cl)c1. The Morgan fingerprint density at radius 1 is 1.24 bits per heavy atom. The molecule has 0 radical (unpaired) electrons. The van der Waals surface area contributed by atoms with E-state index in [2.05, 4.69) is 21.2 Å². The van der Waals surface area contributed by atoms with Gasteiger partial charge in [0.05, 0.1) is 16.9 Å². The zero-order chi connectivity index (χ0) is 15.1. The van der Waals surface area contributed by atoms with Crippen LogP contribution >= 0.6 is 27.5 Å². The van der Waals surface area contributed by atoms with Gasteiger partial charge in [0.15, 0.2) is 0 Å². The van der Waals surface area contributed by atoms with Crippen LogP contribution in [0.3, 0.4) is 0 Å². The first kappa shape index (κ1) is 14.6. The molecule has 2 bridgehead atoms. The number of nitrogens with one attached hydrogen (secondary N) is 1. The highest BCUT2D eigenvalue weighted by Crippen LogP contribution is 2.48. The van der Waals surface area contributed by atoms with E-state index in [1.807, 2.05) is 12.2 Å². The van der Waals surface area contributed by atoms with Gasteiger partial charge < -0.3 is 10.4 Å². The predicted molar refractivity (Wildman–Crippen MR) is 83.1 cm³/mol. The summed E-state index contributed by atoms with van der Waals surface area (Å²) in [5, 5.41) is 12.6. The maximum atomic E-state index is 12.5. The Bertz CT molecular complexity index is 646. The lowest BCUT2D eigenvalue weighted by atomic mass is 9.82. The number of carboxylic acids is 1. The number of anilines is 1. The molecule has 3 rings (SSSR count). The summed E-state index contributed by atoms with van der Waals surface area (Å²) < 4.78 is 0.744. The molecule has 21 heavy (non-hydrogen) atoms. The number of amides is 1. The molecular weight excluding hydrogens is 358 g/mol. The maximum absolute atomic E-state index is 12.5. The van der Waals surface area contributed by atoms with Crippen molar-refractivity contribution in [1.82, 2.24) is 0 Å². The van der Waals surface area contributed by atoms with Crippen molar-refractivity contribution in [2.75, 3.05) is 5.32 Å². The molecule has 1 fully saturated rings. The molecular formula is C15H13BrClNO3. The normalized spacial score (nSPS) is 29.6. The standard InChI is InChI=1S/C15H13BrClNO3/c16-10-4-3-9(6-11(10)17)18-14(19)12-7-1-2-8(5-7)13(12)15(20)21/h1-4,6-8,12-13H,5H2,(H,18,19)(H,20,21)/t7?,8?,12-,13+/m0/s1. The predicted octanol–water partition coefficient (Wildman–Crippen LogP) is 3.56. The van der Waals surface area contributed by atoms with Crippen LogP contribution in [0.25, 0.3) is 0 Å². The summed E-state index contributed by atoms with van der Waals surface area (Å²) in [6.07, 6.45) is 4.63. The first-order chi connectivity index (χ1) is 9.97. The average Bonchev–Trinajstić information content (AvgIpc) is 3.03. The van der Waals surface area contributed by atoms with Gasteiger partial charge >= 0.3 is 5.97 Å². The summed E-state index contributed by atoms with van der Waals surface area (Å²) in [5.41, 5.74) is 0.573. The largest absolute Gasteiger partial charge is 0.481 e. The third-order valence-electron chi connectivity index (χ3n) is 4.23. The zero-order valence-electron chi connectivity index (χ0n) is 10.9. The number of fused-ring (bicyclic) bond motifs is 2. The van der Waals surface area contributed by atoms with Crippen molar-refractivity contribution in [3.63, 3.8) is 0 Å². The molecule has 1 aromatic rings. The second-order valence-corrected chi connectivity index (χ2v) is 6.72. The second-order valence-electron chi connectivity index (χ2n) is 5.46. The van der Waals surface area contributed by atoms with E-state index in [9.17, 15) is 14.7 Å². The smallest absolute Gasteiger partial charge is 0.307 e. The van der Waals surface area contributed by atoms with Crippen molar-refractivity contribution in [2.45, 2.75) is 6.42 Å². The van der Waals surface area contributed by atoms with Crippen LogP contribution in [0.15, 0.2) is 34.8 Å². The summed E-state index contributed by atoms with van der Waals surface area (Å²) in [6, 6.07) is 5.11. The minimum atomic E-state index is -0.902. The van der Waals surface area contributed by atoms with E-state index in [4.69, 9.17) is 11.6 Å². The van der Waals surface area contributed by atoms with Gasteiger partial charge in [-0.15, -0.1) is 0 Å². The fourth-order valence-corrected chi connectivity index (χ4v) is 3.74. The van der Waals surface area contributed by atoms with E-state index in [1.54, 1.807) is 18.2 Å². The third-order valence-corrected chi connectivity index (χ3v) is 5.47. The Hall–Kier alpha value is -1.33. The van der Waals surface area contributed by atoms with Crippen LogP contribution in [0, 0.1) is 23.7 Å². The van der Waals surface area contributed by atoms with Crippen molar-refractivity contribution in [1.29, 1.82) is 0 Å².